The number of likely N-dealkylation sites (N-methyl/N-ethyl adjacent to an activating group) is 1. The van der Waals surface area contributed by atoms with Gasteiger partial charge in [-0.15, -0.1) is 0 Å². The normalized spacial score (nSPS) is 19.1. The molecule has 0 saturated heterocycles. The van der Waals surface area contributed by atoms with Crippen LogP contribution < -0.4 is 5.73 Å². The number of nitrogens with zero attached hydrogens (tertiary/aromatic N) is 1. The molecule has 0 aromatic rings. The van der Waals surface area contributed by atoms with Gasteiger partial charge < -0.3 is 15.4 Å². The predicted molar refractivity (Wildman–Crippen MR) is 68.7 cm³/mol. The van der Waals surface area contributed by atoms with Crippen molar-refractivity contribution in [2.45, 2.75) is 45.1 Å². The number of nitrogens with two attached hydrogens (primary N) is 1. The van der Waals surface area contributed by atoms with Gasteiger partial charge in [0.05, 0.1) is 6.61 Å². The van der Waals surface area contributed by atoms with E-state index in [9.17, 15) is 4.79 Å². The van der Waals surface area contributed by atoms with Crippen LogP contribution in [0.1, 0.15) is 39.5 Å². The topological polar surface area (TPSA) is 55.6 Å². The molecule has 0 aliphatic heterocycles. The molecule has 1 unspecified atom stereocenters. The fourth-order valence-electron chi connectivity index (χ4n) is 2.18. The molecule has 4 heteroatoms. The predicted octanol–water partition coefficient (Wildman–Crippen LogP) is 1.39. The highest BCUT2D eigenvalue weighted by molar-refractivity contribution is 5.82. The summed E-state index contributed by atoms with van der Waals surface area (Å²) < 4.78 is 5.12. The van der Waals surface area contributed by atoms with E-state index >= 15 is 0 Å². The van der Waals surface area contributed by atoms with Crippen LogP contribution in [-0.2, 0) is 9.53 Å². The maximum absolute atomic E-state index is 12.0. The molecule has 1 saturated carbocycles. The maximum Gasteiger partial charge on any atom is 0.327 e. The van der Waals surface area contributed by atoms with Crippen molar-refractivity contribution in [3.8, 4) is 0 Å². The molecule has 0 spiro atoms. The minimum absolute atomic E-state index is 0.231. The molecule has 0 radical (unpaired) electrons. The van der Waals surface area contributed by atoms with Crippen molar-refractivity contribution in [2.24, 2.45) is 11.7 Å². The Labute approximate surface area is 104 Å². The number of unbranched alkanes of at least 4 members (excludes halogenated alkanes) is 1. The first-order valence-electron chi connectivity index (χ1n) is 6.69. The molecule has 1 fully saturated rings. The summed E-state index contributed by atoms with van der Waals surface area (Å²) in [5.74, 6) is 0.0801. The van der Waals surface area contributed by atoms with E-state index in [0.29, 0.717) is 19.1 Å². The van der Waals surface area contributed by atoms with Crippen molar-refractivity contribution in [3.63, 3.8) is 0 Å². The van der Waals surface area contributed by atoms with Gasteiger partial charge in [-0.2, -0.15) is 0 Å². The minimum Gasteiger partial charge on any atom is -0.465 e. The highest BCUT2D eigenvalue weighted by atomic mass is 16.5. The first-order chi connectivity index (χ1) is 8.04. The Hall–Kier alpha value is -0.610. The number of carbonyl (C=O) groups excluding carboxylic acids is 1. The van der Waals surface area contributed by atoms with Crippen LogP contribution in [0.5, 0.6) is 0 Å². The summed E-state index contributed by atoms with van der Waals surface area (Å²) in [7, 11) is 2.03. The zero-order chi connectivity index (χ0) is 12.9. The van der Waals surface area contributed by atoms with Crippen molar-refractivity contribution in [2.75, 3.05) is 26.7 Å². The van der Waals surface area contributed by atoms with Crippen LogP contribution in [0.3, 0.4) is 0 Å². The molecule has 1 atom stereocenters. The Morgan fingerprint density at radius 2 is 2.12 bits per heavy atom. The van der Waals surface area contributed by atoms with Gasteiger partial charge in [0, 0.05) is 6.54 Å². The van der Waals surface area contributed by atoms with Gasteiger partial charge >= 0.3 is 5.97 Å². The molecular formula is C13H26N2O2. The van der Waals surface area contributed by atoms with Gasteiger partial charge in [-0.25, -0.2) is 4.79 Å². The maximum atomic E-state index is 12.0. The summed E-state index contributed by atoms with van der Waals surface area (Å²) in [4.78, 5) is 14.1. The van der Waals surface area contributed by atoms with Crippen molar-refractivity contribution < 1.29 is 9.53 Å². The Morgan fingerprint density at radius 1 is 1.47 bits per heavy atom. The quantitative estimate of drug-likeness (QED) is 0.654. The first kappa shape index (κ1) is 14.5. The molecule has 4 nitrogen and oxygen atoms in total. The molecule has 0 aromatic heterocycles. The molecule has 1 aliphatic rings. The zero-order valence-electron chi connectivity index (χ0n) is 11.4. The molecule has 0 aromatic carbocycles. The highest BCUT2D eigenvalue weighted by Crippen LogP contribution is 2.39. The summed E-state index contributed by atoms with van der Waals surface area (Å²) in [5.41, 5.74) is 5.50. The summed E-state index contributed by atoms with van der Waals surface area (Å²) >= 11 is 0. The van der Waals surface area contributed by atoms with Crippen molar-refractivity contribution in [1.29, 1.82) is 0 Å². The van der Waals surface area contributed by atoms with Crippen molar-refractivity contribution in [3.05, 3.63) is 0 Å². The second kappa shape index (κ2) is 6.36. The Morgan fingerprint density at radius 3 is 2.59 bits per heavy atom. The summed E-state index contributed by atoms with van der Waals surface area (Å²) in [6.45, 7) is 5.99. The summed E-state index contributed by atoms with van der Waals surface area (Å²) in [6, 6.07) is 0. The van der Waals surface area contributed by atoms with Gasteiger partial charge in [0.2, 0.25) is 0 Å². The Kier molecular flexibility index (Phi) is 5.40. The van der Waals surface area contributed by atoms with E-state index in [4.69, 9.17) is 10.5 Å². The number of hydrogen-bond acceptors (Lipinski definition) is 4. The SMILES string of the molecule is CCCCN(C)CC(N)(C(=O)OCC)C1CC1. The lowest BCUT2D eigenvalue weighted by molar-refractivity contribution is -0.151. The fraction of sp³-hybridized carbons (Fsp3) is 0.923. The van der Waals surface area contributed by atoms with Crippen LogP contribution >= 0.6 is 0 Å². The number of hydrogen-bond donors (Lipinski definition) is 1. The Balaban J connectivity index is 2.55. The number of carbonyl (C=O) groups is 1. The van der Waals surface area contributed by atoms with E-state index < -0.39 is 5.54 Å². The first-order valence-corrected chi connectivity index (χ1v) is 6.69. The van der Waals surface area contributed by atoms with Crippen molar-refractivity contribution >= 4 is 5.97 Å². The van der Waals surface area contributed by atoms with Crippen LogP contribution in [0.2, 0.25) is 0 Å². The molecular weight excluding hydrogens is 216 g/mol. The van der Waals surface area contributed by atoms with E-state index in [1.165, 1.54) is 0 Å². The third-order valence-corrected chi connectivity index (χ3v) is 3.39. The molecule has 1 aliphatic carbocycles. The van der Waals surface area contributed by atoms with E-state index in [1.54, 1.807) is 0 Å². The number of esters is 1. The molecule has 100 valence electrons. The van der Waals surface area contributed by atoms with Crippen LogP contribution in [0.4, 0.5) is 0 Å². The summed E-state index contributed by atoms with van der Waals surface area (Å²) in [5, 5.41) is 0. The van der Waals surface area contributed by atoms with E-state index in [1.807, 2.05) is 14.0 Å². The van der Waals surface area contributed by atoms with Crippen LogP contribution in [0.15, 0.2) is 0 Å². The Bertz CT molecular complexity index is 254. The smallest absolute Gasteiger partial charge is 0.327 e. The van der Waals surface area contributed by atoms with Gasteiger partial charge in [0.15, 0.2) is 0 Å². The average Bonchev–Trinajstić information content (AvgIpc) is 3.10. The van der Waals surface area contributed by atoms with Crippen LogP contribution in [0.25, 0.3) is 0 Å². The standard InChI is InChI=1S/C13H26N2O2/c1-4-6-9-15(3)10-13(14,11-7-8-11)12(16)17-5-2/h11H,4-10,14H2,1-3H3. The molecule has 1 rings (SSSR count). The van der Waals surface area contributed by atoms with Crippen LogP contribution in [0, 0.1) is 5.92 Å². The highest BCUT2D eigenvalue weighted by Gasteiger charge is 2.49. The molecule has 0 heterocycles. The lowest BCUT2D eigenvalue weighted by Gasteiger charge is -2.31. The van der Waals surface area contributed by atoms with Gasteiger partial charge in [-0.1, -0.05) is 13.3 Å². The second-order valence-corrected chi connectivity index (χ2v) is 5.13. The van der Waals surface area contributed by atoms with Gasteiger partial charge in [0.1, 0.15) is 5.54 Å². The lowest BCUT2D eigenvalue weighted by atomic mass is 9.94. The lowest BCUT2D eigenvalue weighted by Crippen LogP contribution is -2.58. The largest absolute Gasteiger partial charge is 0.465 e. The molecule has 17 heavy (non-hydrogen) atoms. The third-order valence-electron chi connectivity index (χ3n) is 3.39. The van der Waals surface area contributed by atoms with E-state index in [0.717, 1.165) is 32.2 Å². The number of rotatable bonds is 8. The average molecular weight is 242 g/mol. The third kappa shape index (κ3) is 3.96. The monoisotopic (exact) mass is 242 g/mol. The fourth-order valence-corrected chi connectivity index (χ4v) is 2.18. The minimum atomic E-state index is -0.793. The molecule has 0 amide bonds. The van der Waals surface area contributed by atoms with E-state index in [2.05, 4.69) is 11.8 Å². The molecule has 0 bridgehead atoms. The van der Waals surface area contributed by atoms with Gasteiger partial charge in [-0.05, 0) is 45.7 Å². The zero-order valence-corrected chi connectivity index (χ0v) is 11.4. The van der Waals surface area contributed by atoms with Gasteiger partial charge in [0.25, 0.3) is 0 Å². The van der Waals surface area contributed by atoms with Gasteiger partial charge in [-0.3, -0.25) is 0 Å². The number of ether oxygens (including phenoxy) is 1. The van der Waals surface area contributed by atoms with E-state index in [-0.39, 0.29) is 5.97 Å². The van der Waals surface area contributed by atoms with Crippen molar-refractivity contribution in [1.82, 2.24) is 4.90 Å². The van der Waals surface area contributed by atoms with Crippen LogP contribution in [-0.4, -0.2) is 43.2 Å². The second-order valence-electron chi connectivity index (χ2n) is 5.13. The molecule has 2 N–H and O–H groups in total. The summed E-state index contributed by atoms with van der Waals surface area (Å²) in [6.07, 6.45) is 4.40.